The maximum atomic E-state index is 12.0. The van der Waals surface area contributed by atoms with Gasteiger partial charge in [0.25, 0.3) is 0 Å². The molecule has 86 valence electrons. The molecule has 0 saturated heterocycles. The van der Waals surface area contributed by atoms with Crippen LogP contribution in [0, 0.1) is 5.92 Å². The molecule has 0 amide bonds. The predicted molar refractivity (Wildman–Crippen MR) is 62.4 cm³/mol. The van der Waals surface area contributed by atoms with Crippen molar-refractivity contribution in [2.75, 3.05) is 0 Å². The first-order valence-electron chi connectivity index (χ1n) is 5.70. The number of hydrogen-bond donors (Lipinski definition) is 0. The summed E-state index contributed by atoms with van der Waals surface area (Å²) >= 11 is 0. The molecule has 17 heavy (non-hydrogen) atoms. The maximum absolute atomic E-state index is 12.0. The summed E-state index contributed by atoms with van der Waals surface area (Å²) in [5.41, 5.74) is 1.75. The minimum absolute atomic E-state index is 0.0187. The van der Waals surface area contributed by atoms with Crippen molar-refractivity contribution in [3.8, 4) is 0 Å². The van der Waals surface area contributed by atoms with Crippen LogP contribution in [-0.2, 0) is 9.53 Å². The molecule has 0 saturated carbocycles. The van der Waals surface area contributed by atoms with Gasteiger partial charge in [0.05, 0.1) is 5.57 Å². The highest BCUT2D eigenvalue weighted by atomic mass is 16.5. The third kappa shape index (κ3) is 1.22. The van der Waals surface area contributed by atoms with E-state index in [2.05, 4.69) is 0 Å². The minimum Gasteiger partial charge on any atom is -0.489 e. The van der Waals surface area contributed by atoms with Crippen molar-refractivity contribution >= 4 is 17.3 Å². The van der Waals surface area contributed by atoms with Crippen LogP contribution >= 0.6 is 0 Å². The van der Waals surface area contributed by atoms with Gasteiger partial charge in [-0.3, -0.25) is 9.59 Å². The zero-order chi connectivity index (χ0) is 12.2. The van der Waals surface area contributed by atoms with Crippen molar-refractivity contribution < 1.29 is 14.3 Å². The number of hydrogen-bond acceptors (Lipinski definition) is 3. The van der Waals surface area contributed by atoms with Crippen molar-refractivity contribution in [3.63, 3.8) is 0 Å². The second-order valence-electron chi connectivity index (χ2n) is 4.56. The second-order valence-corrected chi connectivity index (χ2v) is 4.56. The number of carbonyl (C=O) groups excluding carboxylic acids is 2. The number of benzene rings is 1. The SMILES string of the molecule is CC1C2=C(O[C@@H]1C)c1ccccc1C(=O)C2=O. The molecule has 1 unspecified atom stereocenters. The number of carbonyl (C=O) groups is 2. The van der Waals surface area contributed by atoms with Gasteiger partial charge in [-0.2, -0.15) is 0 Å². The van der Waals surface area contributed by atoms with E-state index in [1.807, 2.05) is 26.0 Å². The Morgan fingerprint density at radius 3 is 2.35 bits per heavy atom. The first-order valence-corrected chi connectivity index (χ1v) is 5.70. The highest BCUT2D eigenvalue weighted by Crippen LogP contribution is 2.41. The molecular formula is C14H12O3. The van der Waals surface area contributed by atoms with Gasteiger partial charge < -0.3 is 4.74 Å². The van der Waals surface area contributed by atoms with Crippen LogP contribution in [0.4, 0.5) is 0 Å². The molecule has 0 aromatic heterocycles. The number of Topliss-reactive ketones (excluding diaryl/α,β-unsaturated/α-hetero) is 2. The molecular weight excluding hydrogens is 216 g/mol. The average Bonchev–Trinajstić information content (AvgIpc) is 2.63. The van der Waals surface area contributed by atoms with Crippen molar-refractivity contribution in [2.24, 2.45) is 5.92 Å². The molecule has 0 spiro atoms. The van der Waals surface area contributed by atoms with Crippen LogP contribution in [0.25, 0.3) is 5.76 Å². The third-order valence-corrected chi connectivity index (χ3v) is 3.58. The Hall–Kier alpha value is -1.90. The minimum atomic E-state index is -0.413. The largest absolute Gasteiger partial charge is 0.489 e. The number of fused-ring (bicyclic) bond motifs is 2. The fourth-order valence-electron chi connectivity index (χ4n) is 2.44. The number of rotatable bonds is 0. The van der Waals surface area contributed by atoms with Crippen LogP contribution in [0.2, 0.25) is 0 Å². The standard InChI is InChI=1S/C14H12O3/c1-7-8(2)17-14-10-6-4-3-5-9(10)12(15)13(16)11(7)14/h3-8H,1-2H3/t7?,8-/m1/s1. The lowest BCUT2D eigenvalue weighted by Gasteiger charge is -2.15. The molecule has 2 aliphatic rings. The topological polar surface area (TPSA) is 43.4 Å². The molecule has 1 aromatic carbocycles. The van der Waals surface area contributed by atoms with Gasteiger partial charge in [0.15, 0.2) is 0 Å². The highest BCUT2D eigenvalue weighted by molar-refractivity contribution is 6.52. The highest BCUT2D eigenvalue weighted by Gasteiger charge is 2.42. The summed E-state index contributed by atoms with van der Waals surface area (Å²) in [6.07, 6.45) is -0.0529. The predicted octanol–water partition coefficient (Wildman–Crippen LogP) is 2.22. The van der Waals surface area contributed by atoms with Gasteiger partial charge in [0.1, 0.15) is 11.9 Å². The Labute approximate surface area is 99.1 Å². The fourth-order valence-corrected chi connectivity index (χ4v) is 2.44. The Morgan fingerprint density at radius 2 is 1.65 bits per heavy atom. The molecule has 1 aliphatic carbocycles. The molecule has 1 aromatic rings. The van der Waals surface area contributed by atoms with E-state index in [1.54, 1.807) is 12.1 Å². The van der Waals surface area contributed by atoms with Crippen molar-refractivity contribution in [1.82, 2.24) is 0 Å². The van der Waals surface area contributed by atoms with E-state index >= 15 is 0 Å². The third-order valence-electron chi connectivity index (χ3n) is 3.58. The smallest absolute Gasteiger partial charge is 0.234 e. The quantitative estimate of drug-likeness (QED) is 0.639. The van der Waals surface area contributed by atoms with Crippen molar-refractivity contribution in [3.05, 3.63) is 41.0 Å². The first kappa shape index (κ1) is 10.3. The first-order chi connectivity index (χ1) is 8.11. The molecule has 2 atom stereocenters. The zero-order valence-electron chi connectivity index (χ0n) is 9.69. The molecule has 3 heteroatoms. The zero-order valence-corrected chi connectivity index (χ0v) is 9.69. The van der Waals surface area contributed by atoms with E-state index in [0.717, 1.165) is 5.56 Å². The summed E-state index contributed by atoms with van der Waals surface area (Å²) in [6, 6.07) is 7.12. The van der Waals surface area contributed by atoms with E-state index in [4.69, 9.17) is 4.74 Å². The molecule has 0 N–H and O–H groups in total. The van der Waals surface area contributed by atoms with Gasteiger partial charge in [0, 0.05) is 17.0 Å². The van der Waals surface area contributed by atoms with Crippen LogP contribution in [0.1, 0.15) is 29.8 Å². The lowest BCUT2D eigenvalue weighted by Crippen LogP contribution is -2.25. The van der Waals surface area contributed by atoms with Crippen molar-refractivity contribution in [2.45, 2.75) is 20.0 Å². The summed E-state index contributed by atoms with van der Waals surface area (Å²) in [5.74, 6) is -0.237. The van der Waals surface area contributed by atoms with Gasteiger partial charge in [-0.1, -0.05) is 31.2 Å². The summed E-state index contributed by atoms with van der Waals surface area (Å²) in [4.78, 5) is 24.0. The molecule has 0 bridgehead atoms. The summed E-state index contributed by atoms with van der Waals surface area (Å²) in [7, 11) is 0. The van der Waals surface area contributed by atoms with Gasteiger partial charge in [-0.15, -0.1) is 0 Å². The molecule has 3 rings (SSSR count). The van der Waals surface area contributed by atoms with Crippen LogP contribution < -0.4 is 0 Å². The van der Waals surface area contributed by atoms with Crippen LogP contribution in [-0.4, -0.2) is 17.7 Å². The summed E-state index contributed by atoms with van der Waals surface area (Å²) in [5, 5.41) is 0. The van der Waals surface area contributed by atoms with E-state index in [-0.39, 0.29) is 12.0 Å². The van der Waals surface area contributed by atoms with E-state index in [9.17, 15) is 9.59 Å². The van der Waals surface area contributed by atoms with Gasteiger partial charge in [-0.05, 0) is 6.92 Å². The van der Waals surface area contributed by atoms with Gasteiger partial charge >= 0.3 is 0 Å². The monoisotopic (exact) mass is 228 g/mol. The van der Waals surface area contributed by atoms with Crippen LogP contribution in [0.15, 0.2) is 29.8 Å². The fraction of sp³-hybridized carbons (Fsp3) is 0.286. The van der Waals surface area contributed by atoms with Crippen LogP contribution in [0.3, 0.4) is 0 Å². The molecule has 0 radical (unpaired) electrons. The molecule has 0 fully saturated rings. The lowest BCUT2D eigenvalue weighted by molar-refractivity contribution is -0.112. The Balaban J connectivity index is 2.28. The second kappa shape index (κ2) is 3.29. The molecule has 1 aliphatic heterocycles. The van der Waals surface area contributed by atoms with Gasteiger partial charge in [0.2, 0.25) is 11.6 Å². The van der Waals surface area contributed by atoms with E-state index < -0.39 is 11.6 Å². The summed E-state index contributed by atoms with van der Waals surface area (Å²) in [6.45, 7) is 3.84. The average molecular weight is 228 g/mol. The van der Waals surface area contributed by atoms with Crippen molar-refractivity contribution in [1.29, 1.82) is 0 Å². The van der Waals surface area contributed by atoms with Gasteiger partial charge in [-0.25, -0.2) is 0 Å². The lowest BCUT2D eigenvalue weighted by atomic mass is 9.83. The van der Waals surface area contributed by atoms with Crippen LogP contribution in [0.5, 0.6) is 0 Å². The maximum Gasteiger partial charge on any atom is 0.234 e. The van der Waals surface area contributed by atoms with E-state index in [0.29, 0.717) is 16.9 Å². The summed E-state index contributed by atoms with van der Waals surface area (Å²) < 4.78 is 5.73. The Kier molecular flexibility index (Phi) is 1.99. The Morgan fingerprint density at radius 1 is 1.00 bits per heavy atom. The Bertz CT molecular complexity index is 569. The normalized spacial score (nSPS) is 26.7. The molecule has 1 heterocycles. The molecule has 3 nitrogen and oxygen atoms in total. The number of ketones is 2. The van der Waals surface area contributed by atoms with E-state index in [1.165, 1.54) is 0 Å². The number of ether oxygens (including phenoxy) is 1.